The average Bonchev–Trinajstić information content (AvgIpc) is 2.25. The summed E-state index contributed by atoms with van der Waals surface area (Å²) in [4.78, 5) is 0. The summed E-state index contributed by atoms with van der Waals surface area (Å²) in [5.41, 5.74) is 1.12. The Bertz CT molecular complexity index is 338. The fraction of sp³-hybridized carbons (Fsp3) is 0.333. The summed E-state index contributed by atoms with van der Waals surface area (Å²) < 4.78 is 5.28. The van der Waals surface area contributed by atoms with E-state index in [-0.39, 0.29) is 6.04 Å². The Morgan fingerprint density at radius 2 is 2.20 bits per heavy atom. The maximum atomic E-state index is 5.69. The van der Waals surface area contributed by atoms with E-state index in [0.29, 0.717) is 11.6 Å². The predicted octanol–water partition coefficient (Wildman–Crippen LogP) is 3.10. The van der Waals surface area contributed by atoms with Crippen LogP contribution in [0.5, 0.6) is 5.75 Å². The van der Waals surface area contributed by atoms with Crippen LogP contribution in [0.15, 0.2) is 35.9 Å². The molecule has 82 valence electrons. The van der Waals surface area contributed by atoms with Crippen molar-refractivity contribution in [3.05, 3.63) is 41.4 Å². The zero-order chi connectivity index (χ0) is 11.3. The van der Waals surface area contributed by atoms with E-state index in [1.54, 1.807) is 7.11 Å². The third-order valence-corrected chi connectivity index (χ3v) is 2.34. The first kappa shape index (κ1) is 12.1. The minimum Gasteiger partial charge on any atom is -0.496 e. The molecule has 1 aromatic rings. The van der Waals surface area contributed by atoms with Gasteiger partial charge in [0, 0.05) is 23.2 Å². The van der Waals surface area contributed by atoms with E-state index in [1.807, 2.05) is 24.3 Å². The number of benzene rings is 1. The maximum Gasteiger partial charge on any atom is 0.123 e. The Balaban J connectivity index is 2.72. The molecule has 1 aromatic carbocycles. The molecule has 0 aliphatic rings. The van der Waals surface area contributed by atoms with E-state index in [9.17, 15) is 0 Å². The van der Waals surface area contributed by atoms with Crippen LogP contribution in [-0.2, 0) is 0 Å². The first-order chi connectivity index (χ1) is 7.15. The Hall–Kier alpha value is -0.990. The highest BCUT2D eigenvalue weighted by atomic mass is 35.5. The fourth-order valence-electron chi connectivity index (χ4n) is 1.40. The van der Waals surface area contributed by atoms with Gasteiger partial charge >= 0.3 is 0 Å². The predicted molar refractivity (Wildman–Crippen MR) is 64.4 cm³/mol. The van der Waals surface area contributed by atoms with Gasteiger partial charge in [0.05, 0.1) is 7.11 Å². The van der Waals surface area contributed by atoms with Gasteiger partial charge in [-0.3, -0.25) is 0 Å². The number of rotatable bonds is 5. The van der Waals surface area contributed by atoms with Crippen molar-refractivity contribution in [2.45, 2.75) is 13.0 Å². The van der Waals surface area contributed by atoms with Crippen LogP contribution in [0.1, 0.15) is 18.5 Å². The number of ether oxygens (including phenoxy) is 1. The van der Waals surface area contributed by atoms with Crippen LogP contribution in [0.4, 0.5) is 0 Å². The first-order valence-electron chi connectivity index (χ1n) is 4.84. The lowest BCUT2D eigenvalue weighted by atomic mass is 10.1. The second-order valence-electron chi connectivity index (χ2n) is 3.36. The van der Waals surface area contributed by atoms with Crippen LogP contribution in [0, 0.1) is 0 Å². The van der Waals surface area contributed by atoms with Crippen molar-refractivity contribution >= 4 is 11.6 Å². The monoisotopic (exact) mass is 225 g/mol. The van der Waals surface area contributed by atoms with Gasteiger partial charge in [-0.25, -0.2) is 0 Å². The third kappa shape index (κ3) is 3.57. The van der Waals surface area contributed by atoms with Crippen molar-refractivity contribution < 1.29 is 4.74 Å². The van der Waals surface area contributed by atoms with Crippen LogP contribution in [0.2, 0.25) is 0 Å². The Morgan fingerprint density at radius 1 is 1.53 bits per heavy atom. The molecular formula is C12H16ClNO. The smallest absolute Gasteiger partial charge is 0.123 e. The van der Waals surface area contributed by atoms with E-state index >= 15 is 0 Å². The van der Waals surface area contributed by atoms with E-state index in [4.69, 9.17) is 16.3 Å². The minimum atomic E-state index is 0.191. The number of hydrogen-bond donors (Lipinski definition) is 1. The highest BCUT2D eigenvalue weighted by Crippen LogP contribution is 2.24. The minimum absolute atomic E-state index is 0.191. The zero-order valence-corrected chi connectivity index (χ0v) is 9.84. The first-order valence-corrected chi connectivity index (χ1v) is 5.22. The second-order valence-corrected chi connectivity index (χ2v) is 3.90. The molecule has 3 heteroatoms. The van der Waals surface area contributed by atoms with Crippen LogP contribution >= 0.6 is 11.6 Å². The molecule has 0 aliphatic carbocycles. The van der Waals surface area contributed by atoms with E-state index in [0.717, 1.165) is 11.3 Å². The molecule has 0 unspecified atom stereocenters. The third-order valence-electron chi connectivity index (χ3n) is 2.21. The van der Waals surface area contributed by atoms with E-state index in [2.05, 4.69) is 18.8 Å². The Kier molecular flexibility index (Phi) is 4.66. The molecule has 0 fully saturated rings. The largest absolute Gasteiger partial charge is 0.496 e. The number of methoxy groups -OCH3 is 1. The van der Waals surface area contributed by atoms with E-state index < -0.39 is 0 Å². The van der Waals surface area contributed by atoms with Gasteiger partial charge < -0.3 is 10.1 Å². The lowest BCUT2D eigenvalue weighted by Crippen LogP contribution is -2.20. The van der Waals surface area contributed by atoms with Gasteiger partial charge in [-0.05, 0) is 13.0 Å². The number of nitrogens with one attached hydrogen (secondary N) is 1. The van der Waals surface area contributed by atoms with Gasteiger partial charge in [0.15, 0.2) is 0 Å². The van der Waals surface area contributed by atoms with Crippen LogP contribution in [0.3, 0.4) is 0 Å². The normalized spacial score (nSPS) is 12.2. The molecule has 0 radical (unpaired) electrons. The molecule has 0 saturated carbocycles. The van der Waals surface area contributed by atoms with Crippen molar-refractivity contribution in [1.82, 2.24) is 5.32 Å². The fourth-order valence-corrected chi connectivity index (χ4v) is 1.48. The Morgan fingerprint density at radius 3 is 2.80 bits per heavy atom. The second kappa shape index (κ2) is 5.79. The van der Waals surface area contributed by atoms with Crippen molar-refractivity contribution in [3.63, 3.8) is 0 Å². The average molecular weight is 226 g/mol. The summed E-state index contributed by atoms with van der Waals surface area (Å²) in [6.07, 6.45) is 0. The van der Waals surface area contributed by atoms with Crippen molar-refractivity contribution in [2.24, 2.45) is 0 Å². The molecule has 1 rings (SSSR count). The SMILES string of the molecule is C=C(Cl)CN[C@H](C)c1ccccc1OC. The van der Waals surface area contributed by atoms with Crippen molar-refractivity contribution in [1.29, 1.82) is 0 Å². The highest BCUT2D eigenvalue weighted by molar-refractivity contribution is 6.29. The number of hydrogen-bond acceptors (Lipinski definition) is 2. The van der Waals surface area contributed by atoms with Gasteiger partial charge in [-0.15, -0.1) is 0 Å². The van der Waals surface area contributed by atoms with Crippen molar-refractivity contribution in [3.8, 4) is 5.75 Å². The van der Waals surface area contributed by atoms with Crippen molar-refractivity contribution in [2.75, 3.05) is 13.7 Å². The quantitative estimate of drug-likeness (QED) is 0.832. The maximum absolute atomic E-state index is 5.69. The van der Waals surface area contributed by atoms with Crippen LogP contribution in [0.25, 0.3) is 0 Å². The summed E-state index contributed by atoms with van der Waals surface area (Å²) in [7, 11) is 1.67. The molecule has 0 aromatic heterocycles. The molecule has 0 saturated heterocycles. The molecule has 1 N–H and O–H groups in total. The van der Waals surface area contributed by atoms with Crippen LogP contribution < -0.4 is 10.1 Å². The molecule has 15 heavy (non-hydrogen) atoms. The number of para-hydroxylation sites is 1. The summed E-state index contributed by atoms with van der Waals surface area (Å²) in [6, 6.07) is 8.12. The zero-order valence-electron chi connectivity index (χ0n) is 9.09. The van der Waals surface area contributed by atoms with Crippen LogP contribution in [-0.4, -0.2) is 13.7 Å². The molecule has 0 bridgehead atoms. The summed E-state index contributed by atoms with van der Waals surface area (Å²) in [6.45, 7) is 6.30. The molecular weight excluding hydrogens is 210 g/mol. The molecule has 0 aliphatic heterocycles. The van der Waals surface area contributed by atoms with Gasteiger partial charge in [0.1, 0.15) is 5.75 Å². The van der Waals surface area contributed by atoms with Gasteiger partial charge in [0.25, 0.3) is 0 Å². The highest BCUT2D eigenvalue weighted by Gasteiger charge is 2.09. The van der Waals surface area contributed by atoms with Gasteiger partial charge in [-0.1, -0.05) is 36.4 Å². The lowest BCUT2D eigenvalue weighted by molar-refractivity contribution is 0.403. The molecule has 0 spiro atoms. The topological polar surface area (TPSA) is 21.3 Å². The van der Waals surface area contributed by atoms with Gasteiger partial charge in [-0.2, -0.15) is 0 Å². The summed E-state index contributed by atoms with van der Waals surface area (Å²) in [5, 5.41) is 3.87. The van der Waals surface area contributed by atoms with E-state index in [1.165, 1.54) is 0 Å². The molecule has 2 nitrogen and oxygen atoms in total. The number of halogens is 1. The standard InChI is InChI=1S/C12H16ClNO/c1-9(13)8-14-10(2)11-6-4-5-7-12(11)15-3/h4-7,10,14H,1,8H2,2-3H3/t10-/m1/s1. The summed E-state index contributed by atoms with van der Waals surface area (Å²) in [5.74, 6) is 0.887. The molecule has 1 atom stereocenters. The van der Waals surface area contributed by atoms with Gasteiger partial charge in [0.2, 0.25) is 0 Å². The summed E-state index contributed by atoms with van der Waals surface area (Å²) >= 11 is 5.69. The molecule has 0 heterocycles. The lowest BCUT2D eigenvalue weighted by Gasteiger charge is -2.16. The Labute approximate surface area is 95.9 Å². The molecule has 0 amide bonds.